The maximum absolute atomic E-state index is 9.99. The highest BCUT2D eigenvalue weighted by atomic mass is 32.1. The van der Waals surface area contributed by atoms with Crippen LogP contribution in [0.4, 0.5) is 0 Å². The van der Waals surface area contributed by atoms with E-state index in [0.717, 1.165) is 0 Å². The molecule has 0 saturated heterocycles. The molecule has 0 aliphatic rings. The summed E-state index contributed by atoms with van der Waals surface area (Å²) in [7, 11) is -4.38. The molecule has 0 rings (SSSR count). The Kier molecular flexibility index (Phi) is 3.28. The minimum absolute atomic E-state index is 0.0664. The summed E-state index contributed by atoms with van der Waals surface area (Å²) in [6.45, 7) is 1.65. The van der Waals surface area contributed by atoms with Gasteiger partial charge in [-0.25, -0.2) is 4.57 Å². The van der Waals surface area contributed by atoms with Crippen LogP contribution in [0.1, 0.15) is 13.3 Å². The molecule has 0 radical (unpaired) electrons. The van der Waals surface area contributed by atoms with Crippen molar-refractivity contribution in [3.63, 3.8) is 0 Å². The van der Waals surface area contributed by atoms with Crippen molar-refractivity contribution < 1.29 is 18.9 Å². The molecule has 0 saturated carbocycles. The highest BCUT2D eigenvalue weighted by molar-refractivity contribution is 7.80. The normalized spacial score (nSPS) is 11.0. The minimum Gasteiger partial charge on any atom is -0.397 e. The highest BCUT2D eigenvalue weighted by Gasteiger charge is 2.15. The SMILES string of the molecule is CCC(=S)OP(=O)(O)O. The van der Waals surface area contributed by atoms with Crippen LogP contribution in [0.5, 0.6) is 0 Å². The van der Waals surface area contributed by atoms with Crippen LogP contribution in [-0.4, -0.2) is 14.8 Å². The number of phosphoric ester groups is 1. The number of thiocarbonyl (C=S) groups is 1. The molecule has 0 atom stereocenters. The Morgan fingerprint density at radius 3 is 2.33 bits per heavy atom. The lowest BCUT2D eigenvalue weighted by Crippen LogP contribution is -1.96. The molecule has 54 valence electrons. The third-order valence-electron chi connectivity index (χ3n) is 0.509. The van der Waals surface area contributed by atoms with Crippen LogP contribution < -0.4 is 0 Å². The largest absolute Gasteiger partial charge is 0.525 e. The predicted molar refractivity (Wildman–Crippen MR) is 36.0 cm³/mol. The van der Waals surface area contributed by atoms with Gasteiger partial charge in [-0.05, 0) is 12.2 Å². The van der Waals surface area contributed by atoms with Crippen molar-refractivity contribution in [3.8, 4) is 0 Å². The van der Waals surface area contributed by atoms with Gasteiger partial charge in [0, 0.05) is 6.42 Å². The van der Waals surface area contributed by atoms with Crippen LogP contribution in [0.3, 0.4) is 0 Å². The first kappa shape index (κ1) is 9.04. The molecule has 2 N–H and O–H groups in total. The van der Waals surface area contributed by atoms with Gasteiger partial charge in [0.1, 0.15) is 0 Å². The second-order valence-electron chi connectivity index (χ2n) is 1.31. The Labute approximate surface area is 58.1 Å². The van der Waals surface area contributed by atoms with Crippen LogP contribution in [0, 0.1) is 0 Å². The molecule has 0 bridgehead atoms. The zero-order valence-corrected chi connectivity index (χ0v) is 6.48. The van der Waals surface area contributed by atoms with Gasteiger partial charge < -0.3 is 4.52 Å². The molecule has 0 spiro atoms. The van der Waals surface area contributed by atoms with Crippen molar-refractivity contribution in [1.29, 1.82) is 0 Å². The van der Waals surface area contributed by atoms with Gasteiger partial charge in [0.15, 0.2) is 5.05 Å². The van der Waals surface area contributed by atoms with Crippen LogP contribution in [-0.2, 0) is 9.09 Å². The number of hydrogen-bond acceptors (Lipinski definition) is 3. The molecule has 0 aliphatic heterocycles. The summed E-state index contributed by atoms with van der Waals surface area (Å²) in [5.41, 5.74) is 0. The van der Waals surface area contributed by atoms with E-state index in [1.807, 2.05) is 0 Å². The monoisotopic (exact) mass is 170 g/mol. The highest BCUT2D eigenvalue weighted by Crippen LogP contribution is 2.36. The summed E-state index contributed by atoms with van der Waals surface area (Å²) >= 11 is 4.39. The third-order valence-corrected chi connectivity index (χ3v) is 1.46. The van der Waals surface area contributed by atoms with Crippen LogP contribution in [0.2, 0.25) is 0 Å². The Morgan fingerprint density at radius 2 is 2.22 bits per heavy atom. The summed E-state index contributed by atoms with van der Waals surface area (Å²) < 4.78 is 14.0. The van der Waals surface area contributed by atoms with Gasteiger partial charge >= 0.3 is 7.82 Å². The second kappa shape index (κ2) is 3.27. The molecule has 9 heavy (non-hydrogen) atoms. The van der Waals surface area contributed by atoms with Crippen molar-refractivity contribution in [3.05, 3.63) is 0 Å². The maximum Gasteiger partial charge on any atom is 0.525 e. The smallest absolute Gasteiger partial charge is 0.397 e. The minimum atomic E-state index is -4.38. The molecule has 0 aromatic carbocycles. The van der Waals surface area contributed by atoms with Crippen LogP contribution in [0.15, 0.2) is 0 Å². The lowest BCUT2D eigenvalue weighted by atomic mass is 10.5. The summed E-state index contributed by atoms with van der Waals surface area (Å²) in [4.78, 5) is 16.2. The van der Waals surface area contributed by atoms with Crippen molar-refractivity contribution >= 4 is 25.1 Å². The average Bonchev–Trinajstić information content (AvgIpc) is 1.62. The van der Waals surface area contributed by atoms with E-state index < -0.39 is 7.82 Å². The topological polar surface area (TPSA) is 66.8 Å². The van der Waals surface area contributed by atoms with Crippen molar-refractivity contribution in [2.24, 2.45) is 0 Å². The number of hydrogen-bond donors (Lipinski definition) is 2. The lowest BCUT2D eigenvalue weighted by Gasteiger charge is -2.04. The van der Waals surface area contributed by atoms with Crippen LogP contribution >= 0.6 is 20.0 Å². The standard InChI is InChI=1S/C3H7O4PS/c1-2-3(9)7-8(4,5)6/h2H2,1H3,(H2,4,5,6). The van der Waals surface area contributed by atoms with Crippen molar-refractivity contribution in [2.75, 3.05) is 0 Å². The van der Waals surface area contributed by atoms with Gasteiger partial charge in [0.05, 0.1) is 0 Å². The Hall–Kier alpha value is 0.0400. The predicted octanol–water partition coefficient (Wildman–Crippen LogP) is 0.833. The zero-order chi connectivity index (χ0) is 7.49. The lowest BCUT2D eigenvalue weighted by molar-refractivity contribution is 0.279. The first-order chi connectivity index (χ1) is 3.95. The fourth-order valence-corrected chi connectivity index (χ4v) is 0.883. The molecule has 0 amide bonds. The fourth-order valence-electron chi connectivity index (χ4n) is 0.197. The van der Waals surface area contributed by atoms with Crippen molar-refractivity contribution in [1.82, 2.24) is 0 Å². The summed E-state index contributed by atoms with van der Waals surface area (Å²) in [6, 6.07) is 0. The molecule has 0 aromatic rings. The molecule has 0 fully saturated rings. The van der Waals surface area contributed by atoms with Gasteiger partial charge in [-0.1, -0.05) is 6.92 Å². The van der Waals surface area contributed by atoms with Gasteiger partial charge in [-0.2, -0.15) is 0 Å². The maximum atomic E-state index is 9.99. The molecule has 0 heterocycles. The van der Waals surface area contributed by atoms with E-state index in [1.54, 1.807) is 6.92 Å². The zero-order valence-electron chi connectivity index (χ0n) is 4.77. The van der Waals surface area contributed by atoms with E-state index >= 15 is 0 Å². The molecule has 4 nitrogen and oxygen atoms in total. The van der Waals surface area contributed by atoms with E-state index in [2.05, 4.69) is 16.7 Å². The van der Waals surface area contributed by atoms with E-state index in [9.17, 15) is 4.57 Å². The molecular formula is C3H7O4PS. The van der Waals surface area contributed by atoms with Gasteiger partial charge in [0.2, 0.25) is 0 Å². The summed E-state index contributed by atoms with van der Waals surface area (Å²) in [6.07, 6.45) is 0.334. The second-order valence-corrected chi connectivity index (χ2v) is 2.93. The fraction of sp³-hybridized carbons (Fsp3) is 0.667. The molecule has 0 aliphatic carbocycles. The molecular weight excluding hydrogens is 163 g/mol. The number of rotatable bonds is 2. The first-order valence-corrected chi connectivity index (χ1v) is 4.17. The third kappa shape index (κ3) is 5.92. The van der Waals surface area contributed by atoms with Crippen molar-refractivity contribution in [2.45, 2.75) is 13.3 Å². The Balaban J connectivity index is 3.75. The van der Waals surface area contributed by atoms with E-state index in [1.165, 1.54) is 0 Å². The quantitative estimate of drug-likeness (QED) is 0.474. The summed E-state index contributed by atoms with van der Waals surface area (Å²) in [5, 5.41) is -0.0664. The average molecular weight is 170 g/mol. The van der Waals surface area contributed by atoms with Gasteiger partial charge in [-0.3, -0.25) is 9.79 Å². The molecule has 0 unspecified atom stereocenters. The number of phosphoric acid groups is 1. The molecule has 6 heteroatoms. The van der Waals surface area contributed by atoms with E-state index in [4.69, 9.17) is 9.79 Å². The van der Waals surface area contributed by atoms with E-state index in [0.29, 0.717) is 6.42 Å². The molecule has 0 aromatic heterocycles. The van der Waals surface area contributed by atoms with Gasteiger partial charge in [0.25, 0.3) is 0 Å². The van der Waals surface area contributed by atoms with Crippen LogP contribution in [0.25, 0.3) is 0 Å². The van der Waals surface area contributed by atoms with E-state index in [-0.39, 0.29) is 5.05 Å². The van der Waals surface area contributed by atoms with Gasteiger partial charge in [-0.15, -0.1) is 0 Å². The Bertz CT molecular complexity index is 150. The Morgan fingerprint density at radius 1 is 1.78 bits per heavy atom. The first-order valence-electron chi connectivity index (χ1n) is 2.23. The summed E-state index contributed by atoms with van der Waals surface area (Å²) in [5.74, 6) is 0.